The van der Waals surface area contributed by atoms with E-state index in [0.29, 0.717) is 5.75 Å². The van der Waals surface area contributed by atoms with Gasteiger partial charge in [0, 0.05) is 16.7 Å². The number of nitrogens with two attached hydrogens (primary N) is 1. The van der Waals surface area contributed by atoms with Crippen molar-refractivity contribution in [3.8, 4) is 5.75 Å². The molecule has 0 aromatic heterocycles. The van der Waals surface area contributed by atoms with E-state index >= 15 is 0 Å². The van der Waals surface area contributed by atoms with Crippen molar-refractivity contribution >= 4 is 17.7 Å². The lowest BCUT2D eigenvalue weighted by atomic mass is 10.3. The lowest BCUT2D eigenvalue weighted by Crippen LogP contribution is -2.46. The molecule has 0 aliphatic carbocycles. The fourth-order valence-corrected chi connectivity index (χ4v) is 2.41. The predicted octanol–water partition coefficient (Wildman–Crippen LogP) is 1.64. The number of amides is 1. The summed E-state index contributed by atoms with van der Waals surface area (Å²) in [4.78, 5) is 12.4. The maximum absolute atomic E-state index is 11.3. The SMILES string of the molecule is COc1ccc(SCC(NC(C)C)C(N)=O)cc1. The lowest BCUT2D eigenvalue weighted by molar-refractivity contribution is -0.119. The molecule has 1 unspecified atom stereocenters. The molecule has 0 aliphatic rings. The number of benzene rings is 1. The molecule has 0 bridgehead atoms. The predicted molar refractivity (Wildman–Crippen MR) is 75.0 cm³/mol. The first-order valence-corrected chi connectivity index (χ1v) is 6.83. The maximum Gasteiger partial charge on any atom is 0.235 e. The van der Waals surface area contributed by atoms with Gasteiger partial charge in [0.05, 0.1) is 13.2 Å². The van der Waals surface area contributed by atoms with Crippen molar-refractivity contribution in [3.05, 3.63) is 24.3 Å². The van der Waals surface area contributed by atoms with Crippen molar-refractivity contribution < 1.29 is 9.53 Å². The molecule has 1 aromatic carbocycles. The van der Waals surface area contributed by atoms with E-state index in [9.17, 15) is 4.79 Å². The molecule has 5 heteroatoms. The van der Waals surface area contributed by atoms with E-state index in [1.807, 2.05) is 38.1 Å². The van der Waals surface area contributed by atoms with Gasteiger partial charge in [0.2, 0.25) is 5.91 Å². The molecule has 1 aromatic rings. The minimum atomic E-state index is -0.315. The molecular weight excluding hydrogens is 248 g/mol. The van der Waals surface area contributed by atoms with E-state index in [1.165, 1.54) is 0 Å². The van der Waals surface area contributed by atoms with Crippen molar-refractivity contribution in [3.63, 3.8) is 0 Å². The summed E-state index contributed by atoms with van der Waals surface area (Å²) in [5.74, 6) is 1.13. The summed E-state index contributed by atoms with van der Waals surface area (Å²) in [6.45, 7) is 3.99. The highest BCUT2D eigenvalue weighted by Crippen LogP contribution is 2.21. The molecule has 4 nitrogen and oxygen atoms in total. The highest BCUT2D eigenvalue weighted by molar-refractivity contribution is 7.99. The Bertz CT molecular complexity index is 379. The topological polar surface area (TPSA) is 64.3 Å². The van der Waals surface area contributed by atoms with Crippen molar-refractivity contribution in [2.24, 2.45) is 5.73 Å². The third-order valence-corrected chi connectivity index (χ3v) is 3.46. The van der Waals surface area contributed by atoms with Gasteiger partial charge in [0.15, 0.2) is 0 Å². The van der Waals surface area contributed by atoms with Gasteiger partial charge in [0.25, 0.3) is 0 Å². The van der Waals surface area contributed by atoms with Gasteiger partial charge in [-0.3, -0.25) is 4.79 Å². The first-order chi connectivity index (χ1) is 8.52. The van der Waals surface area contributed by atoms with Gasteiger partial charge in [-0.05, 0) is 24.3 Å². The lowest BCUT2D eigenvalue weighted by Gasteiger charge is -2.17. The normalized spacial score (nSPS) is 12.4. The van der Waals surface area contributed by atoms with Gasteiger partial charge >= 0.3 is 0 Å². The van der Waals surface area contributed by atoms with Crippen LogP contribution in [0.25, 0.3) is 0 Å². The molecule has 18 heavy (non-hydrogen) atoms. The van der Waals surface area contributed by atoms with Crippen LogP contribution in [-0.4, -0.2) is 30.9 Å². The van der Waals surface area contributed by atoms with E-state index in [0.717, 1.165) is 10.6 Å². The van der Waals surface area contributed by atoms with E-state index in [4.69, 9.17) is 10.5 Å². The zero-order chi connectivity index (χ0) is 13.5. The number of carbonyl (C=O) groups is 1. The Hall–Kier alpha value is -1.20. The van der Waals surface area contributed by atoms with E-state index < -0.39 is 0 Å². The van der Waals surface area contributed by atoms with E-state index in [1.54, 1.807) is 18.9 Å². The fourth-order valence-electron chi connectivity index (χ4n) is 1.47. The van der Waals surface area contributed by atoms with Gasteiger partial charge in [-0.15, -0.1) is 11.8 Å². The van der Waals surface area contributed by atoms with Crippen LogP contribution in [0.2, 0.25) is 0 Å². The van der Waals surface area contributed by atoms with Crippen LogP contribution in [0.3, 0.4) is 0 Å². The highest BCUT2D eigenvalue weighted by Gasteiger charge is 2.16. The number of rotatable bonds is 7. The van der Waals surface area contributed by atoms with E-state index in [2.05, 4.69) is 5.32 Å². The minimum absolute atomic E-state index is 0.235. The van der Waals surface area contributed by atoms with Crippen molar-refractivity contribution in [2.75, 3.05) is 12.9 Å². The van der Waals surface area contributed by atoms with Crippen LogP contribution in [0.1, 0.15) is 13.8 Å². The second-order valence-corrected chi connectivity index (χ2v) is 5.36. The van der Waals surface area contributed by atoms with Crippen molar-refractivity contribution in [1.29, 1.82) is 0 Å². The van der Waals surface area contributed by atoms with Crippen LogP contribution in [-0.2, 0) is 4.79 Å². The van der Waals surface area contributed by atoms with E-state index in [-0.39, 0.29) is 18.0 Å². The Kier molecular flexibility index (Phi) is 6.01. The average Bonchev–Trinajstić information content (AvgIpc) is 2.34. The molecule has 0 spiro atoms. The molecule has 1 atom stereocenters. The smallest absolute Gasteiger partial charge is 0.235 e. The van der Waals surface area contributed by atoms with Crippen LogP contribution in [0.15, 0.2) is 29.2 Å². The molecule has 0 saturated carbocycles. The average molecular weight is 268 g/mol. The Labute approximate surface area is 112 Å². The molecule has 3 N–H and O–H groups in total. The third-order valence-electron chi connectivity index (χ3n) is 2.35. The van der Waals surface area contributed by atoms with Crippen LogP contribution in [0.4, 0.5) is 0 Å². The van der Waals surface area contributed by atoms with Gasteiger partial charge in [-0.25, -0.2) is 0 Å². The van der Waals surface area contributed by atoms with Crippen LogP contribution >= 0.6 is 11.8 Å². The van der Waals surface area contributed by atoms with Crippen LogP contribution in [0, 0.1) is 0 Å². The molecule has 1 amide bonds. The summed E-state index contributed by atoms with van der Waals surface area (Å²) in [6, 6.07) is 7.67. The summed E-state index contributed by atoms with van der Waals surface area (Å²) < 4.78 is 5.09. The zero-order valence-electron chi connectivity index (χ0n) is 11.0. The molecule has 100 valence electrons. The molecule has 0 fully saturated rings. The minimum Gasteiger partial charge on any atom is -0.497 e. The summed E-state index contributed by atoms with van der Waals surface area (Å²) >= 11 is 1.60. The summed E-state index contributed by atoms with van der Waals surface area (Å²) in [5.41, 5.74) is 5.36. The van der Waals surface area contributed by atoms with Crippen molar-refractivity contribution in [2.45, 2.75) is 30.8 Å². The third kappa shape index (κ3) is 4.98. The number of carbonyl (C=O) groups excluding carboxylic acids is 1. The second-order valence-electron chi connectivity index (χ2n) is 4.26. The number of thioether (sulfide) groups is 1. The number of ether oxygens (including phenoxy) is 1. The quantitative estimate of drug-likeness (QED) is 0.738. The highest BCUT2D eigenvalue weighted by atomic mass is 32.2. The molecule has 0 aliphatic heterocycles. The fraction of sp³-hybridized carbons (Fsp3) is 0.462. The van der Waals surface area contributed by atoms with Gasteiger partial charge < -0.3 is 15.8 Å². The first kappa shape index (κ1) is 14.9. The Morgan fingerprint density at radius 1 is 1.39 bits per heavy atom. The summed E-state index contributed by atoms with van der Waals surface area (Å²) in [7, 11) is 1.64. The Morgan fingerprint density at radius 3 is 2.44 bits per heavy atom. The molecular formula is C13H20N2O2S. The second kappa shape index (κ2) is 7.28. The van der Waals surface area contributed by atoms with Crippen molar-refractivity contribution in [1.82, 2.24) is 5.32 Å². The molecule has 1 rings (SSSR count). The standard InChI is InChI=1S/C13H20N2O2S/c1-9(2)15-12(13(14)16)8-18-11-6-4-10(17-3)5-7-11/h4-7,9,12,15H,8H2,1-3H3,(H2,14,16). The monoisotopic (exact) mass is 268 g/mol. The maximum atomic E-state index is 11.3. The number of hydrogen-bond donors (Lipinski definition) is 2. The summed E-state index contributed by atoms with van der Waals surface area (Å²) in [5, 5.41) is 3.15. The van der Waals surface area contributed by atoms with Gasteiger partial charge in [0.1, 0.15) is 5.75 Å². The zero-order valence-corrected chi connectivity index (χ0v) is 11.8. The number of primary amides is 1. The number of nitrogens with one attached hydrogen (secondary N) is 1. The largest absolute Gasteiger partial charge is 0.497 e. The molecule has 0 radical (unpaired) electrons. The first-order valence-electron chi connectivity index (χ1n) is 5.85. The Balaban J connectivity index is 2.52. The molecule has 0 heterocycles. The number of hydrogen-bond acceptors (Lipinski definition) is 4. The van der Waals surface area contributed by atoms with Gasteiger partial charge in [-0.1, -0.05) is 13.8 Å². The van der Waals surface area contributed by atoms with Crippen LogP contribution < -0.4 is 15.8 Å². The summed E-state index contributed by atoms with van der Waals surface area (Å²) in [6.07, 6.45) is 0. The Morgan fingerprint density at radius 2 is 2.00 bits per heavy atom. The number of methoxy groups -OCH3 is 1. The molecule has 0 saturated heterocycles. The van der Waals surface area contributed by atoms with Gasteiger partial charge in [-0.2, -0.15) is 0 Å². The van der Waals surface area contributed by atoms with Crippen LogP contribution in [0.5, 0.6) is 5.75 Å².